The van der Waals surface area contributed by atoms with Gasteiger partial charge in [-0.05, 0) is 97.4 Å². The van der Waals surface area contributed by atoms with Crippen LogP contribution >= 0.6 is 0 Å². The van der Waals surface area contributed by atoms with Crippen LogP contribution in [0.15, 0.2) is 46.4 Å². The van der Waals surface area contributed by atoms with Gasteiger partial charge in [0.15, 0.2) is 0 Å². The number of benzene rings is 2. The predicted molar refractivity (Wildman–Crippen MR) is 253 cm³/mol. The molecule has 2 aromatic carbocycles. The zero-order valence-corrected chi connectivity index (χ0v) is 39.3. The summed E-state index contributed by atoms with van der Waals surface area (Å²) < 4.78 is 0. The van der Waals surface area contributed by atoms with Crippen molar-refractivity contribution in [2.45, 2.75) is 247 Å². The fraction of sp³-hybridized carbons (Fsp3) is 0.704. The van der Waals surface area contributed by atoms with Crippen LogP contribution in [0, 0.1) is 11.8 Å². The second kappa shape index (κ2) is 36.9. The molecule has 324 valence electrons. The Balaban J connectivity index is 0.0000162. The van der Waals surface area contributed by atoms with Crippen molar-refractivity contribution in [1.82, 2.24) is 0 Å². The Kier molecular flexibility index (Phi) is 34.2. The van der Waals surface area contributed by atoms with Crippen LogP contribution in [-0.2, 0) is 42.2 Å². The second-order valence-corrected chi connectivity index (χ2v) is 16.6. The minimum absolute atomic E-state index is 0. The number of hydrogen-bond acceptors (Lipinski definition) is 2. The molecule has 0 aliphatic heterocycles. The van der Waals surface area contributed by atoms with Crippen molar-refractivity contribution in [2.24, 2.45) is 9.98 Å². The van der Waals surface area contributed by atoms with E-state index >= 15 is 0 Å². The molecule has 0 saturated carbocycles. The molecule has 2 nitrogen and oxygen atoms in total. The van der Waals surface area contributed by atoms with Gasteiger partial charge in [-0.3, -0.25) is 4.99 Å². The number of rotatable bonds is 34. The molecule has 0 radical (unpaired) electrons. The van der Waals surface area contributed by atoms with Crippen molar-refractivity contribution in [3.05, 3.63) is 58.7 Å². The fourth-order valence-electron chi connectivity index (χ4n) is 8.05. The van der Waals surface area contributed by atoms with Gasteiger partial charge in [0.1, 0.15) is 5.71 Å². The van der Waals surface area contributed by atoms with E-state index in [0.717, 1.165) is 74.2 Å². The zero-order chi connectivity index (χ0) is 40.3. The van der Waals surface area contributed by atoms with E-state index in [4.69, 9.17) is 9.98 Å². The van der Waals surface area contributed by atoms with Crippen LogP contribution in [0.1, 0.15) is 244 Å². The van der Waals surface area contributed by atoms with Crippen LogP contribution in [0.5, 0.6) is 0 Å². The molecule has 2 aromatic rings. The van der Waals surface area contributed by atoms with Crippen molar-refractivity contribution in [1.29, 1.82) is 0 Å². The molecule has 57 heavy (non-hydrogen) atoms. The van der Waals surface area contributed by atoms with Crippen LogP contribution in [0.25, 0.3) is 0 Å². The summed E-state index contributed by atoms with van der Waals surface area (Å²) in [5, 5.41) is 0. The van der Waals surface area contributed by atoms with Gasteiger partial charge in [0.2, 0.25) is 0 Å². The molecule has 2 rings (SSSR count). The van der Waals surface area contributed by atoms with Crippen LogP contribution < -0.4 is 0 Å². The van der Waals surface area contributed by atoms with E-state index in [0.29, 0.717) is 0 Å². The standard InChI is InChI=1S/C54H88N2.Ni/c1-7-13-15-16-17-18-19-20-21-22-23-24-25-26-27-28-29-30-31-32-33-34-35-36-37-38-40-54(56-52-44-42-48(10-4)50(12-6)46-52)53(39-14-8-2)55-51-43-41-47(9-3)49(11-5)45-51;/h41-46H,7-37,39H2,1-6H3;. The normalized spacial score (nSPS) is 11.8. The largest absolute Gasteiger partial charge is 0.251 e. The van der Waals surface area contributed by atoms with Gasteiger partial charge >= 0.3 is 0 Å². The summed E-state index contributed by atoms with van der Waals surface area (Å²) in [4.78, 5) is 10.5. The number of hydrogen-bond donors (Lipinski definition) is 0. The SMILES string of the molecule is CCCCCCCCCCCCCCCCCCCCCCCCCCC#CC(=Nc1ccc(CC)c(CC)c1)C(CCCC)=Nc1ccc(CC)c(CC)c1.[Ni]. The van der Waals surface area contributed by atoms with Gasteiger partial charge in [-0.1, -0.05) is 214 Å². The predicted octanol–water partition coefficient (Wildman–Crippen LogP) is 17.7. The third-order valence-electron chi connectivity index (χ3n) is 11.8. The number of nitrogens with zero attached hydrogens (tertiary/aromatic N) is 2. The maximum atomic E-state index is 5.25. The Morgan fingerprint density at radius 2 is 0.754 bits per heavy atom. The van der Waals surface area contributed by atoms with E-state index in [-0.39, 0.29) is 16.5 Å². The molecule has 0 aromatic heterocycles. The Labute approximate surface area is 365 Å². The average molecular weight is 824 g/mol. The summed E-state index contributed by atoms with van der Waals surface area (Å²) in [6.07, 6.45) is 42.3. The molecule has 0 aliphatic rings. The first-order valence-corrected chi connectivity index (χ1v) is 24.5. The molecular weight excluding hydrogens is 735 g/mol. The maximum absolute atomic E-state index is 5.25. The molecule has 0 fully saturated rings. The van der Waals surface area contributed by atoms with Gasteiger partial charge in [0.05, 0.1) is 17.1 Å². The summed E-state index contributed by atoms with van der Waals surface area (Å²) in [6, 6.07) is 13.4. The number of aliphatic imine (C=N–C) groups is 2. The first kappa shape index (κ1) is 52.9. The van der Waals surface area contributed by atoms with Gasteiger partial charge < -0.3 is 0 Å². The van der Waals surface area contributed by atoms with Crippen molar-refractivity contribution in [3.8, 4) is 11.8 Å². The minimum atomic E-state index is 0. The van der Waals surface area contributed by atoms with Crippen LogP contribution in [0.2, 0.25) is 0 Å². The van der Waals surface area contributed by atoms with Gasteiger partial charge in [0, 0.05) is 22.9 Å². The van der Waals surface area contributed by atoms with Crippen LogP contribution in [-0.4, -0.2) is 11.4 Å². The molecule has 0 heterocycles. The second-order valence-electron chi connectivity index (χ2n) is 16.6. The van der Waals surface area contributed by atoms with Crippen molar-refractivity contribution >= 4 is 22.8 Å². The molecule has 0 saturated heterocycles. The van der Waals surface area contributed by atoms with Gasteiger partial charge in [-0.25, -0.2) is 4.99 Å². The molecular formula is C54H88N2Ni. The summed E-state index contributed by atoms with van der Waals surface area (Å²) >= 11 is 0. The number of aryl methyl sites for hydroxylation is 4. The molecule has 0 bridgehead atoms. The molecule has 0 atom stereocenters. The zero-order valence-electron chi connectivity index (χ0n) is 38.3. The molecule has 0 N–H and O–H groups in total. The molecule has 0 amide bonds. The van der Waals surface area contributed by atoms with E-state index in [1.807, 2.05) is 0 Å². The van der Waals surface area contributed by atoms with Crippen LogP contribution in [0.3, 0.4) is 0 Å². The molecule has 0 aliphatic carbocycles. The monoisotopic (exact) mass is 823 g/mol. The summed E-state index contributed by atoms with van der Waals surface area (Å²) in [6.45, 7) is 13.5. The third kappa shape index (κ3) is 25.2. The van der Waals surface area contributed by atoms with E-state index < -0.39 is 0 Å². The smallest absolute Gasteiger partial charge is 0.135 e. The first-order valence-electron chi connectivity index (χ1n) is 24.5. The van der Waals surface area contributed by atoms with Gasteiger partial charge in [0.25, 0.3) is 0 Å². The van der Waals surface area contributed by atoms with Gasteiger partial charge in [-0.2, -0.15) is 0 Å². The summed E-state index contributed by atoms with van der Waals surface area (Å²) in [7, 11) is 0. The summed E-state index contributed by atoms with van der Waals surface area (Å²) in [5.41, 5.74) is 9.52. The van der Waals surface area contributed by atoms with Gasteiger partial charge in [-0.15, -0.1) is 0 Å². The van der Waals surface area contributed by atoms with E-state index in [1.54, 1.807) is 0 Å². The Morgan fingerprint density at radius 3 is 1.12 bits per heavy atom. The maximum Gasteiger partial charge on any atom is 0.135 e. The third-order valence-corrected chi connectivity index (χ3v) is 11.8. The fourth-order valence-corrected chi connectivity index (χ4v) is 8.05. The quantitative estimate of drug-likeness (QED) is 0.0291. The van der Waals surface area contributed by atoms with Crippen molar-refractivity contribution in [2.75, 3.05) is 0 Å². The molecule has 0 spiro atoms. The first-order chi connectivity index (χ1) is 27.6. The van der Waals surface area contributed by atoms with E-state index in [1.165, 1.54) is 176 Å². The van der Waals surface area contributed by atoms with E-state index in [2.05, 4.69) is 89.8 Å². The Morgan fingerprint density at radius 1 is 0.404 bits per heavy atom. The number of unbranched alkanes of at least 4 members (excludes halogenated alkanes) is 25. The van der Waals surface area contributed by atoms with E-state index in [9.17, 15) is 0 Å². The van der Waals surface area contributed by atoms with Crippen LogP contribution in [0.4, 0.5) is 11.4 Å². The topological polar surface area (TPSA) is 24.7 Å². The average Bonchev–Trinajstić information content (AvgIpc) is 3.22. The Bertz CT molecular complexity index is 1390. The summed E-state index contributed by atoms with van der Waals surface area (Å²) in [5.74, 6) is 7.09. The minimum Gasteiger partial charge on any atom is -0.251 e. The molecule has 3 heteroatoms. The molecule has 0 unspecified atom stereocenters. The Hall–Kier alpha value is -2.17. The van der Waals surface area contributed by atoms with Crippen molar-refractivity contribution < 1.29 is 16.5 Å². The van der Waals surface area contributed by atoms with Crippen molar-refractivity contribution in [3.63, 3.8) is 0 Å².